The average Bonchev–Trinajstić information content (AvgIpc) is 2.27. The van der Waals surface area contributed by atoms with E-state index in [4.69, 9.17) is 0 Å². The predicted molar refractivity (Wildman–Crippen MR) is 69.9 cm³/mol. The predicted octanol–water partition coefficient (Wildman–Crippen LogP) is 1.49. The molecule has 0 bridgehead atoms. The number of nitrogens with one attached hydrogen (secondary N) is 1. The van der Waals surface area contributed by atoms with E-state index in [1.165, 1.54) is 6.20 Å². The number of hydrogen-bond acceptors (Lipinski definition) is 5. The molecule has 0 aliphatic carbocycles. The van der Waals surface area contributed by atoms with Crippen molar-refractivity contribution in [1.82, 2.24) is 10.3 Å². The van der Waals surface area contributed by atoms with Gasteiger partial charge in [-0.2, -0.15) is 0 Å². The summed E-state index contributed by atoms with van der Waals surface area (Å²) in [6.45, 7) is 8.63. The van der Waals surface area contributed by atoms with Gasteiger partial charge < -0.3 is 10.2 Å². The highest BCUT2D eigenvalue weighted by Crippen LogP contribution is 2.23. The minimum absolute atomic E-state index is 0.0373. The molecule has 18 heavy (non-hydrogen) atoms. The van der Waals surface area contributed by atoms with Crippen molar-refractivity contribution in [1.29, 1.82) is 0 Å². The van der Waals surface area contributed by atoms with Crippen LogP contribution in [0.15, 0.2) is 12.3 Å². The van der Waals surface area contributed by atoms with Crippen molar-refractivity contribution < 1.29 is 4.92 Å². The Kier molecular flexibility index (Phi) is 3.21. The fourth-order valence-corrected chi connectivity index (χ4v) is 2.23. The van der Waals surface area contributed by atoms with Crippen molar-refractivity contribution in [2.24, 2.45) is 0 Å². The molecule has 0 saturated carbocycles. The van der Waals surface area contributed by atoms with Gasteiger partial charge in [-0.1, -0.05) is 0 Å². The number of anilines is 1. The van der Waals surface area contributed by atoms with E-state index in [-0.39, 0.29) is 11.2 Å². The van der Waals surface area contributed by atoms with Gasteiger partial charge in [0.25, 0.3) is 5.69 Å². The van der Waals surface area contributed by atoms with Crippen LogP contribution in [0.1, 0.15) is 19.4 Å². The van der Waals surface area contributed by atoms with Crippen molar-refractivity contribution in [3.63, 3.8) is 0 Å². The quantitative estimate of drug-likeness (QED) is 0.636. The standard InChI is InChI=1S/C12H18N4O2/c1-9-6-11(13-7-10(9)16(17)18)15-5-4-14-12(2,3)8-15/h6-7,14H,4-5,8H2,1-3H3. The smallest absolute Gasteiger partial charge is 0.290 e. The summed E-state index contributed by atoms with van der Waals surface area (Å²) in [6, 6.07) is 1.79. The molecule has 0 aromatic carbocycles. The number of pyridine rings is 1. The van der Waals surface area contributed by atoms with Crippen LogP contribution in [-0.2, 0) is 0 Å². The Labute approximate surface area is 106 Å². The number of nitro groups is 1. The van der Waals surface area contributed by atoms with E-state index in [0.717, 1.165) is 25.5 Å². The van der Waals surface area contributed by atoms with Gasteiger partial charge >= 0.3 is 0 Å². The topological polar surface area (TPSA) is 71.3 Å². The molecule has 1 aliphatic heterocycles. The summed E-state index contributed by atoms with van der Waals surface area (Å²) >= 11 is 0. The van der Waals surface area contributed by atoms with Crippen molar-refractivity contribution in [3.05, 3.63) is 27.9 Å². The number of nitrogens with zero attached hydrogens (tertiary/aromatic N) is 3. The summed E-state index contributed by atoms with van der Waals surface area (Å²) in [5, 5.41) is 14.2. The van der Waals surface area contributed by atoms with E-state index >= 15 is 0 Å². The Hall–Kier alpha value is -1.69. The summed E-state index contributed by atoms with van der Waals surface area (Å²) in [7, 11) is 0. The summed E-state index contributed by atoms with van der Waals surface area (Å²) in [6.07, 6.45) is 1.35. The maximum absolute atomic E-state index is 10.8. The zero-order valence-corrected chi connectivity index (χ0v) is 10.9. The van der Waals surface area contributed by atoms with Crippen LogP contribution in [0.25, 0.3) is 0 Å². The molecule has 6 nitrogen and oxygen atoms in total. The van der Waals surface area contributed by atoms with Gasteiger partial charge in [0.15, 0.2) is 0 Å². The molecule has 1 aromatic heterocycles. The lowest BCUT2D eigenvalue weighted by Gasteiger charge is -2.39. The summed E-state index contributed by atoms with van der Waals surface area (Å²) in [4.78, 5) is 16.7. The molecule has 2 heterocycles. The Balaban J connectivity index is 2.24. The van der Waals surface area contributed by atoms with E-state index in [2.05, 4.69) is 29.0 Å². The first-order valence-electron chi connectivity index (χ1n) is 6.00. The van der Waals surface area contributed by atoms with Crippen LogP contribution in [-0.4, -0.2) is 35.1 Å². The number of piperazine rings is 1. The second-order valence-electron chi connectivity index (χ2n) is 5.32. The summed E-state index contributed by atoms with van der Waals surface area (Å²) in [5.41, 5.74) is 0.768. The van der Waals surface area contributed by atoms with Gasteiger partial charge in [-0.15, -0.1) is 0 Å². The highest BCUT2D eigenvalue weighted by atomic mass is 16.6. The first-order valence-corrected chi connectivity index (χ1v) is 6.00. The van der Waals surface area contributed by atoms with Gasteiger partial charge in [-0.3, -0.25) is 10.1 Å². The van der Waals surface area contributed by atoms with Gasteiger partial charge in [0.2, 0.25) is 0 Å². The first kappa shape index (κ1) is 12.8. The van der Waals surface area contributed by atoms with Gasteiger partial charge in [0.05, 0.1) is 4.92 Å². The van der Waals surface area contributed by atoms with E-state index in [0.29, 0.717) is 5.56 Å². The molecule has 6 heteroatoms. The Morgan fingerprint density at radius 2 is 2.28 bits per heavy atom. The fraction of sp³-hybridized carbons (Fsp3) is 0.583. The third-order valence-corrected chi connectivity index (χ3v) is 3.16. The molecular weight excluding hydrogens is 232 g/mol. The van der Waals surface area contributed by atoms with Gasteiger partial charge in [-0.25, -0.2) is 4.98 Å². The molecule has 1 N–H and O–H groups in total. The first-order chi connectivity index (χ1) is 8.39. The van der Waals surface area contributed by atoms with E-state index < -0.39 is 4.92 Å². The van der Waals surface area contributed by atoms with E-state index in [9.17, 15) is 10.1 Å². The number of rotatable bonds is 2. The fourth-order valence-electron chi connectivity index (χ4n) is 2.23. The number of hydrogen-bond donors (Lipinski definition) is 1. The largest absolute Gasteiger partial charge is 0.354 e. The molecule has 98 valence electrons. The Morgan fingerprint density at radius 1 is 1.56 bits per heavy atom. The third kappa shape index (κ3) is 2.59. The third-order valence-electron chi connectivity index (χ3n) is 3.16. The molecule has 0 atom stereocenters. The van der Waals surface area contributed by atoms with Crippen LogP contribution in [0, 0.1) is 17.0 Å². The highest BCUT2D eigenvalue weighted by Gasteiger charge is 2.27. The van der Waals surface area contributed by atoms with Gasteiger partial charge in [0.1, 0.15) is 12.0 Å². The minimum Gasteiger partial charge on any atom is -0.354 e. The maximum atomic E-state index is 10.8. The number of aromatic nitrogens is 1. The van der Waals surface area contributed by atoms with Crippen molar-refractivity contribution in [2.75, 3.05) is 24.5 Å². The molecule has 0 radical (unpaired) electrons. The van der Waals surface area contributed by atoms with E-state index in [1.54, 1.807) is 13.0 Å². The van der Waals surface area contributed by atoms with Gasteiger partial charge in [0, 0.05) is 30.7 Å². The lowest BCUT2D eigenvalue weighted by molar-refractivity contribution is -0.385. The molecule has 2 rings (SSSR count). The Morgan fingerprint density at radius 3 is 2.83 bits per heavy atom. The average molecular weight is 250 g/mol. The van der Waals surface area contributed by atoms with Crippen molar-refractivity contribution >= 4 is 11.5 Å². The molecule has 0 spiro atoms. The lowest BCUT2D eigenvalue weighted by Crippen LogP contribution is -2.57. The summed E-state index contributed by atoms with van der Waals surface area (Å²) < 4.78 is 0. The van der Waals surface area contributed by atoms with Crippen LogP contribution < -0.4 is 10.2 Å². The van der Waals surface area contributed by atoms with Crippen molar-refractivity contribution in [2.45, 2.75) is 26.3 Å². The van der Waals surface area contributed by atoms with Crippen LogP contribution >= 0.6 is 0 Å². The van der Waals surface area contributed by atoms with Gasteiger partial charge in [-0.05, 0) is 26.8 Å². The highest BCUT2D eigenvalue weighted by molar-refractivity contribution is 5.49. The molecule has 0 amide bonds. The van der Waals surface area contributed by atoms with Crippen LogP contribution in [0.3, 0.4) is 0 Å². The molecule has 1 saturated heterocycles. The number of aryl methyl sites for hydroxylation is 1. The molecule has 0 unspecified atom stereocenters. The summed E-state index contributed by atoms with van der Waals surface area (Å²) in [5.74, 6) is 0.813. The van der Waals surface area contributed by atoms with E-state index in [1.807, 2.05) is 0 Å². The molecule has 1 fully saturated rings. The van der Waals surface area contributed by atoms with Crippen LogP contribution in [0.2, 0.25) is 0 Å². The second kappa shape index (κ2) is 4.53. The van der Waals surface area contributed by atoms with Crippen LogP contribution in [0.5, 0.6) is 0 Å². The van der Waals surface area contributed by atoms with Crippen LogP contribution in [0.4, 0.5) is 11.5 Å². The SMILES string of the molecule is Cc1cc(N2CCNC(C)(C)C2)ncc1[N+](=O)[O-]. The molecular formula is C12H18N4O2. The molecule has 1 aliphatic rings. The monoisotopic (exact) mass is 250 g/mol. The Bertz CT molecular complexity index is 473. The molecule has 1 aromatic rings. The zero-order chi connectivity index (χ0) is 13.3. The lowest BCUT2D eigenvalue weighted by atomic mass is 10.0. The second-order valence-corrected chi connectivity index (χ2v) is 5.32. The van der Waals surface area contributed by atoms with Crippen molar-refractivity contribution in [3.8, 4) is 0 Å². The maximum Gasteiger partial charge on any atom is 0.290 e. The minimum atomic E-state index is -0.395. The normalized spacial score (nSPS) is 18.7. The zero-order valence-electron chi connectivity index (χ0n) is 10.9.